The Morgan fingerprint density at radius 2 is 2.11 bits per heavy atom. The molecule has 0 aromatic carbocycles. The standard InChI is InChI=1S/C11H15BrN2O2S2/c12-10-1-2-11(17-10)18(15,16)14-4-3-8-5-13-6-9(8)7-14/h1-2,8-9,13H,3-7H2. The predicted molar refractivity (Wildman–Crippen MR) is 75.2 cm³/mol. The van der Waals surface area contributed by atoms with Crippen LogP contribution in [0.3, 0.4) is 0 Å². The maximum absolute atomic E-state index is 12.5. The summed E-state index contributed by atoms with van der Waals surface area (Å²) < 4.78 is 27.9. The number of hydrogen-bond donors (Lipinski definition) is 1. The maximum Gasteiger partial charge on any atom is 0.252 e. The molecule has 100 valence electrons. The molecule has 0 spiro atoms. The summed E-state index contributed by atoms with van der Waals surface area (Å²) in [6.07, 6.45) is 0.976. The minimum absolute atomic E-state index is 0.443. The lowest BCUT2D eigenvalue weighted by molar-refractivity contribution is 0.228. The van der Waals surface area contributed by atoms with Crippen LogP contribution in [-0.2, 0) is 10.0 Å². The number of nitrogens with zero attached hydrogens (tertiary/aromatic N) is 1. The number of hydrogen-bond acceptors (Lipinski definition) is 4. The van der Waals surface area contributed by atoms with Gasteiger partial charge in [0.05, 0.1) is 3.79 Å². The summed E-state index contributed by atoms with van der Waals surface area (Å²) in [5.74, 6) is 1.14. The molecule has 1 aromatic heterocycles. The Bertz CT molecular complexity index is 543. The fraction of sp³-hybridized carbons (Fsp3) is 0.636. The molecule has 0 bridgehead atoms. The molecular weight excluding hydrogens is 336 g/mol. The molecule has 0 amide bonds. The van der Waals surface area contributed by atoms with Crippen molar-refractivity contribution in [3.63, 3.8) is 0 Å². The number of nitrogens with one attached hydrogen (secondary N) is 1. The molecule has 0 saturated carbocycles. The van der Waals surface area contributed by atoms with E-state index in [0.29, 0.717) is 29.1 Å². The number of halogens is 1. The van der Waals surface area contributed by atoms with E-state index in [1.54, 1.807) is 16.4 Å². The molecule has 1 aromatic rings. The van der Waals surface area contributed by atoms with Gasteiger partial charge in [0, 0.05) is 13.1 Å². The van der Waals surface area contributed by atoms with Crippen LogP contribution in [0.4, 0.5) is 0 Å². The van der Waals surface area contributed by atoms with Crippen molar-refractivity contribution < 1.29 is 8.42 Å². The Kier molecular flexibility index (Phi) is 3.53. The molecular formula is C11H15BrN2O2S2. The molecule has 18 heavy (non-hydrogen) atoms. The highest BCUT2D eigenvalue weighted by molar-refractivity contribution is 9.11. The molecule has 1 N–H and O–H groups in total. The lowest BCUT2D eigenvalue weighted by Crippen LogP contribution is -2.43. The fourth-order valence-electron chi connectivity index (χ4n) is 2.78. The minimum Gasteiger partial charge on any atom is -0.316 e. The third-order valence-electron chi connectivity index (χ3n) is 3.81. The molecule has 3 heterocycles. The lowest BCUT2D eigenvalue weighted by Gasteiger charge is -2.33. The first-order valence-electron chi connectivity index (χ1n) is 6.03. The van der Waals surface area contributed by atoms with E-state index in [2.05, 4.69) is 21.2 Å². The summed E-state index contributed by atoms with van der Waals surface area (Å²) in [4.78, 5) is 0. The number of rotatable bonds is 2. The van der Waals surface area contributed by atoms with E-state index in [9.17, 15) is 8.42 Å². The molecule has 0 aliphatic carbocycles. The van der Waals surface area contributed by atoms with Crippen LogP contribution in [0.1, 0.15) is 6.42 Å². The summed E-state index contributed by atoms with van der Waals surface area (Å²) in [5, 5.41) is 3.35. The Hall–Kier alpha value is 0.0500. The van der Waals surface area contributed by atoms with Crippen LogP contribution in [0.2, 0.25) is 0 Å². The van der Waals surface area contributed by atoms with Crippen molar-refractivity contribution in [2.75, 3.05) is 26.2 Å². The Morgan fingerprint density at radius 3 is 2.83 bits per heavy atom. The summed E-state index contributed by atoms with van der Waals surface area (Å²) in [5.41, 5.74) is 0. The molecule has 4 nitrogen and oxygen atoms in total. The van der Waals surface area contributed by atoms with Crippen molar-refractivity contribution >= 4 is 37.3 Å². The zero-order valence-electron chi connectivity index (χ0n) is 9.80. The van der Waals surface area contributed by atoms with Gasteiger partial charge in [-0.1, -0.05) is 0 Å². The average Bonchev–Trinajstić information content (AvgIpc) is 2.96. The fourth-order valence-corrected chi connectivity index (χ4v) is 6.46. The van der Waals surface area contributed by atoms with Gasteiger partial charge in [-0.3, -0.25) is 0 Å². The molecule has 2 aliphatic rings. The van der Waals surface area contributed by atoms with Crippen LogP contribution in [0.5, 0.6) is 0 Å². The van der Waals surface area contributed by atoms with Gasteiger partial charge in [-0.25, -0.2) is 8.42 Å². The number of sulfonamides is 1. The van der Waals surface area contributed by atoms with Crippen LogP contribution < -0.4 is 5.32 Å². The molecule has 2 unspecified atom stereocenters. The van der Waals surface area contributed by atoms with E-state index < -0.39 is 10.0 Å². The monoisotopic (exact) mass is 350 g/mol. The first kappa shape index (κ1) is 13.1. The zero-order valence-corrected chi connectivity index (χ0v) is 13.0. The number of fused-ring (bicyclic) bond motifs is 1. The summed E-state index contributed by atoms with van der Waals surface area (Å²) in [6.45, 7) is 3.31. The number of thiophene rings is 1. The predicted octanol–water partition coefficient (Wildman–Crippen LogP) is 1.74. The van der Waals surface area contributed by atoms with Gasteiger partial charge in [0.25, 0.3) is 10.0 Å². The van der Waals surface area contributed by atoms with Gasteiger partial charge in [-0.05, 0) is 59.4 Å². The highest BCUT2D eigenvalue weighted by atomic mass is 79.9. The zero-order chi connectivity index (χ0) is 12.8. The summed E-state index contributed by atoms with van der Waals surface area (Å²) in [7, 11) is -3.29. The molecule has 3 rings (SSSR count). The van der Waals surface area contributed by atoms with E-state index in [1.807, 2.05) is 0 Å². The van der Waals surface area contributed by atoms with Crippen LogP contribution in [0, 0.1) is 11.8 Å². The highest BCUT2D eigenvalue weighted by Gasteiger charge is 2.38. The smallest absolute Gasteiger partial charge is 0.252 e. The van der Waals surface area contributed by atoms with Gasteiger partial charge >= 0.3 is 0 Å². The minimum atomic E-state index is -3.29. The SMILES string of the molecule is O=S(=O)(c1ccc(Br)s1)N1CCC2CNCC2C1. The molecule has 2 atom stereocenters. The van der Waals surface area contributed by atoms with E-state index in [0.717, 1.165) is 23.3 Å². The van der Waals surface area contributed by atoms with Gasteiger partial charge in [0.1, 0.15) is 4.21 Å². The van der Waals surface area contributed by atoms with Crippen LogP contribution >= 0.6 is 27.3 Å². The van der Waals surface area contributed by atoms with Crippen molar-refractivity contribution in [1.82, 2.24) is 9.62 Å². The number of piperidine rings is 1. The van der Waals surface area contributed by atoms with Gasteiger partial charge in [0.15, 0.2) is 0 Å². The van der Waals surface area contributed by atoms with Crippen LogP contribution in [0.15, 0.2) is 20.1 Å². The Morgan fingerprint density at radius 1 is 1.33 bits per heavy atom. The maximum atomic E-state index is 12.5. The first-order chi connectivity index (χ1) is 8.57. The van der Waals surface area contributed by atoms with E-state index in [1.165, 1.54) is 11.3 Å². The summed E-state index contributed by atoms with van der Waals surface area (Å²) in [6, 6.07) is 3.48. The Balaban J connectivity index is 1.82. The first-order valence-corrected chi connectivity index (χ1v) is 9.08. The van der Waals surface area contributed by atoms with Gasteiger partial charge < -0.3 is 5.32 Å². The van der Waals surface area contributed by atoms with Crippen molar-refractivity contribution in [3.05, 3.63) is 15.9 Å². The van der Waals surface area contributed by atoms with Crippen molar-refractivity contribution in [2.24, 2.45) is 11.8 Å². The average molecular weight is 351 g/mol. The van der Waals surface area contributed by atoms with Gasteiger partial charge in [-0.15, -0.1) is 11.3 Å². The molecule has 2 fully saturated rings. The highest BCUT2D eigenvalue weighted by Crippen LogP contribution is 2.33. The second-order valence-corrected chi connectivity index (χ2v) is 9.52. The lowest BCUT2D eigenvalue weighted by atomic mass is 9.90. The Labute approximate surface area is 120 Å². The molecule has 0 radical (unpaired) electrons. The van der Waals surface area contributed by atoms with E-state index >= 15 is 0 Å². The van der Waals surface area contributed by atoms with E-state index in [4.69, 9.17) is 0 Å². The third-order valence-corrected chi connectivity index (χ3v) is 7.77. The third kappa shape index (κ3) is 2.27. The second-order valence-electron chi connectivity index (χ2n) is 4.89. The quantitative estimate of drug-likeness (QED) is 0.883. The van der Waals surface area contributed by atoms with Crippen molar-refractivity contribution in [2.45, 2.75) is 10.6 Å². The topological polar surface area (TPSA) is 49.4 Å². The molecule has 2 aliphatic heterocycles. The van der Waals surface area contributed by atoms with Crippen LogP contribution in [0.25, 0.3) is 0 Å². The van der Waals surface area contributed by atoms with Crippen molar-refractivity contribution in [1.29, 1.82) is 0 Å². The molecule has 7 heteroatoms. The second kappa shape index (κ2) is 4.86. The van der Waals surface area contributed by atoms with E-state index in [-0.39, 0.29) is 0 Å². The van der Waals surface area contributed by atoms with Crippen molar-refractivity contribution in [3.8, 4) is 0 Å². The van der Waals surface area contributed by atoms with Gasteiger partial charge in [-0.2, -0.15) is 4.31 Å². The van der Waals surface area contributed by atoms with Gasteiger partial charge in [0.2, 0.25) is 0 Å². The normalized spacial score (nSPS) is 29.4. The molecule has 2 saturated heterocycles. The van der Waals surface area contributed by atoms with Crippen LogP contribution in [-0.4, -0.2) is 38.9 Å². The summed E-state index contributed by atoms with van der Waals surface area (Å²) >= 11 is 4.60. The largest absolute Gasteiger partial charge is 0.316 e.